The van der Waals surface area contributed by atoms with Gasteiger partial charge in [0, 0.05) is 12.1 Å². The number of nitrogens with one attached hydrogen (secondary N) is 1. The zero-order valence-electron chi connectivity index (χ0n) is 10.9. The van der Waals surface area contributed by atoms with Crippen molar-refractivity contribution in [2.75, 3.05) is 13.2 Å². The number of ether oxygens (including phenoxy) is 1. The lowest BCUT2D eigenvalue weighted by molar-refractivity contribution is -0.385. The summed E-state index contributed by atoms with van der Waals surface area (Å²) in [6.45, 7) is 1.66. The Bertz CT molecular complexity index is 539. The van der Waals surface area contributed by atoms with E-state index in [0.717, 1.165) is 6.08 Å². The summed E-state index contributed by atoms with van der Waals surface area (Å²) in [5.74, 6) is -1.07. The predicted octanol–water partition coefficient (Wildman–Crippen LogP) is 1.29. The SMILES string of the molecule is CCOC(=O)CNC(=O)C=Cc1ccccc1[N+](=O)[O-]. The zero-order valence-corrected chi connectivity index (χ0v) is 10.9. The molecule has 0 spiro atoms. The number of nitro groups is 1. The predicted molar refractivity (Wildman–Crippen MR) is 71.8 cm³/mol. The average molecular weight is 278 g/mol. The Morgan fingerprint density at radius 1 is 1.40 bits per heavy atom. The van der Waals surface area contributed by atoms with Crippen LogP contribution in [0.4, 0.5) is 5.69 Å². The van der Waals surface area contributed by atoms with Crippen molar-refractivity contribution < 1.29 is 19.2 Å². The van der Waals surface area contributed by atoms with E-state index in [4.69, 9.17) is 0 Å². The summed E-state index contributed by atoms with van der Waals surface area (Å²) in [6, 6.07) is 6.03. The number of amides is 1. The first kappa shape index (κ1) is 15.4. The molecule has 0 aliphatic heterocycles. The summed E-state index contributed by atoms with van der Waals surface area (Å²) < 4.78 is 4.64. The second kappa shape index (κ2) is 7.67. The summed E-state index contributed by atoms with van der Waals surface area (Å²) in [7, 11) is 0. The number of hydrogen-bond donors (Lipinski definition) is 1. The van der Waals surface area contributed by atoms with E-state index < -0.39 is 16.8 Å². The molecule has 1 aromatic rings. The third-order valence-electron chi connectivity index (χ3n) is 2.26. The number of benzene rings is 1. The normalized spacial score (nSPS) is 10.2. The van der Waals surface area contributed by atoms with Crippen molar-refractivity contribution in [2.24, 2.45) is 0 Å². The van der Waals surface area contributed by atoms with Gasteiger partial charge in [0.05, 0.1) is 17.1 Å². The molecule has 0 atom stereocenters. The first-order chi connectivity index (χ1) is 9.54. The van der Waals surface area contributed by atoms with Crippen LogP contribution >= 0.6 is 0 Å². The van der Waals surface area contributed by atoms with E-state index in [1.807, 2.05) is 0 Å². The average Bonchev–Trinajstić information content (AvgIpc) is 2.43. The fraction of sp³-hybridized carbons (Fsp3) is 0.231. The smallest absolute Gasteiger partial charge is 0.325 e. The molecule has 0 unspecified atom stereocenters. The molecule has 0 aliphatic carbocycles. The second-order valence-electron chi connectivity index (χ2n) is 3.67. The van der Waals surface area contributed by atoms with Crippen LogP contribution in [-0.4, -0.2) is 30.0 Å². The summed E-state index contributed by atoms with van der Waals surface area (Å²) in [5, 5.41) is 13.1. The van der Waals surface area contributed by atoms with Crippen molar-refractivity contribution >= 4 is 23.6 Å². The maximum absolute atomic E-state index is 11.4. The van der Waals surface area contributed by atoms with E-state index in [0.29, 0.717) is 5.56 Å². The number of carbonyl (C=O) groups excluding carboxylic acids is 2. The number of nitrogens with zero attached hydrogens (tertiary/aromatic N) is 1. The van der Waals surface area contributed by atoms with Crippen molar-refractivity contribution in [2.45, 2.75) is 6.92 Å². The number of para-hydroxylation sites is 1. The monoisotopic (exact) mass is 278 g/mol. The molecule has 106 valence electrons. The highest BCUT2D eigenvalue weighted by molar-refractivity contribution is 5.94. The molecule has 0 heterocycles. The number of hydrogen-bond acceptors (Lipinski definition) is 5. The molecule has 1 N–H and O–H groups in total. The van der Waals surface area contributed by atoms with Gasteiger partial charge in [0.1, 0.15) is 6.54 Å². The van der Waals surface area contributed by atoms with Gasteiger partial charge in [0.25, 0.3) is 5.69 Å². The molecular formula is C13H14N2O5. The van der Waals surface area contributed by atoms with Gasteiger partial charge < -0.3 is 10.1 Å². The second-order valence-corrected chi connectivity index (χ2v) is 3.67. The first-order valence-corrected chi connectivity index (χ1v) is 5.89. The van der Waals surface area contributed by atoms with Crippen molar-refractivity contribution in [3.63, 3.8) is 0 Å². The molecule has 0 aromatic heterocycles. The Balaban J connectivity index is 2.62. The molecule has 0 saturated heterocycles. The molecule has 1 aromatic carbocycles. The molecule has 0 bridgehead atoms. The van der Waals surface area contributed by atoms with Crippen LogP contribution in [0.1, 0.15) is 12.5 Å². The van der Waals surface area contributed by atoms with Gasteiger partial charge in [-0.1, -0.05) is 12.1 Å². The van der Waals surface area contributed by atoms with Crippen LogP contribution < -0.4 is 5.32 Å². The molecule has 0 fully saturated rings. The van der Waals surface area contributed by atoms with Crippen LogP contribution in [0.15, 0.2) is 30.3 Å². The van der Waals surface area contributed by atoms with Crippen molar-refractivity contribution in [1.82, 2.24) is 5.32 Å². The minimum Gasteiger partial charge on any atom is -0.465 e. The largest absolute Gasteiger partial charge is 0.465 e. The molecule has 1 amide bonds. The molecular weight excluding hydrogens is 264 g/mol. The van der Waals surface area contributed by atoms with Crippen molar-refractivity contribution in [3.8, 4) is 0 Å². The van der Waals surface area contributed by atoms with Gasteiger partial charge in [-0.05, 0) is 19.1 Å². The molecule has 1 rings (SSSR count). The lowest BCUT2D eigenvalue weighted by Crippen LogP contribution is -2.29. The van der Waals surface area contributed by atoms with E-state index >= 15 is 0 Å². The zero-order chi connectivity index (χ0) is 15.0. The van der Waals surface area contributed by atoms with Crippen LogP contribution in [0.25, 0.3) is 6.08 Å². The lowest BCUT2D eigenvalue weighted by atomic mass is 10.1. The minimum atomic E-state index is -0.542. The highest BCUT2D eigenvalue weighted by Crippen LogP contribution is 2.18. The van der Waals surface area contributed by atoms with Gasteiger partial charge >= 0.3 is 5.97 Å². The summed E-state index contributed by atoms with van der Waals surface area (Å²) in [5.41, 5.74) is 0.214. The van der Waals surface area contributed by atoms with Gasteiger partial charge in [-0.2, -0.15) is 0 Å². The lowest BCUT2D eigenvalue weighted by Gasteiger charge is -2.02. The van der Waals surface area contributed by atoms with Gasteiger partial charge in [-0.15, -0.1) is 0 Å². The Morgan fingerprint density at radius 2 is 2.10 bits per heavy atom. The third-order valence-corrected chi connectivity index (χ3v) is 2.26. The van der Waals surface area contributed by atoms with E-state index in [-0.39, 0.29) is 18.8 Å². The highest BCUT2D eigenvalue weighted by Gasteiger charge is 2.10. The Labute approximate surface area is 115 Å². The summed E-state index contributed by atoms with van der Waals surface area (Å²) in [6.07, 6.45) is 2.44. The topological polar surface area (TPSA) is 98.5 Å². The van der Waals surface area contributed by atoms with Gasteiger partial charge in [0.15, 0.2) is 0 Å². The third kappa shape index (κ3) is 4.89. The fourth-order valence-corrected chi connectivity index (χ4v) is 1.39. The van der Waals surface area contributed by atoms with Crippen LogP contribution in [0.3, 0.4) is 0 Å². The maximum Gasteiger partial charge on any atom is 0.325 e. The van der Waals surface area contributed by atoms with Crippen LogP contribution in [0.5, 0.6) is 0 Å². The number of carbonyl (C=O) groups is 2. The summed E-state index contributed by atoms with van der Waals surface area (Å²) in [4.78, 5) is 32.7. The standard InChI is InChI=1S/C13H14N2O5/c1-2-20-13(17)9-14-12(16)8-7-10-5-3-4-6-11(10)15(18)19/h3-8H,2,9H2,1H3,(H,14,16). The number of nitro benzene ring substituents is 1. The van der Waals surface area contributed by atoms with Crippen LogP contribution in [0.2, 0.25) is 0 Å². The van der Waals surface area contributed by atoms with Crippen molar-refractivity contribution in [3.05, 3.63) is 46.0 Å². The Hall–Kier alpha value is -2.70. The van der Waals surface area contributed by atoms with E-state index in [9.17, 15) is 19.7 Å². The number of rotatable bonds is 6. The molecule has 7 nitrogen and oxygen atoms in total. The first-order valence-electron chi connectivity index (χ1n) is 5.89. The van der Waals surface area contributed by atoms with E-state index in [1.54, 1.807) is 13.0 Å². The maximum atomic E-state index is 11.4. The van der Waals surface area contributed by atoms with E-state index in [1.165, 1.54) is 24.3 Å². The minimum absolute atomic E-state index is 0.0954. The molecule has 0 saturated carbocycles. The highest BCUT2D eigenvalue weighted by atomic mass is 16.6. The van der Waals surface area contributed by atoms with Gasteiger partial charge in [0.2, 0.25) is 5.91 Å². The molecule has 20 heavy (non-hydrogen) atoms. The quantitative estimate of drug-likeness (QED) is 0.366. The Morgan fingerprint density at radius 3 is 2.75 bits per heavy atom. The fourth-order valence-electron chi connectivity index (χ4n) is 1.39. The molecule has 0 aliphatic rings. The van der Waals surface area contributed by atoms with E-state index in [2.05, 4.69) is 10.1 Å². The van der Waals surface area contributed by atoms with Crippen molar-refractivity contribution in [1.29, 1.82) is 0 Å². The van der Waals surface area contributed by atoms with Crippen LogP contribution in [0, 0.1) is 10.1 Å². The summed E-state index contributed by atoms with van der Waals surface area (Å²) >= 11 is 0. The molecule has 0 radical (unpaired) electrons. The van der Waals surface area contributed by atoms with Gasteiger partial charge in [-0.25, -0.2) is 0 Å². The Kier molecular flexibility index (Phi) is 5.89. The van der Waals surface area contributed by atoms with Gasteiger partial charge in [-0.3, -0.25) is 19.7 Å². The molecule has 7 heteroatoms. The van der Waals surface area contributed by atoms with Crippen LogP contribution in [-0.2, 0) is 14.3 Å². The number of esters is 1.